The summed E-state index contributed by atoms with van der Waals surface area (Å²) < 4.78 is 7.19. The largest absolute Gasteiger partial charge is 0.493 e. The van der Waals surface area contributed by atoms with Crippen molar-refractivity contribution in [2.75, 3.05) is 13.7 Å². The van der Waals surface area contributed by atoms with Crippen molar-refractivity contribution in [3.63, 3.8) is 0 Å². The molecule has 2 aromatic heterocycles. The lowest BCUT2D eigenvalue weighted by Gasteiger charge is -2.08. The predicted molar refractivity (Wildman–Crippen MR) is 79.5 cm³/mol. The van der Waals surface area contributed by atoms with E-state index in [1.165, 1.54) is 0 Å². The number of fused-ring (bicyclic) bond motifs is 1. The average Bonchev–Trinajstić information content (AvgIpc) is 3.03. The number of nitrogens with zero attached hydrogens (tertiary/aromatic N) is 3. The second-order valence-corrected chi connectivity index (χ2v) is 6.12. The van der Waals surface area contributed by atoms with Gasteiger partial charge in [-0.05, 0) is 30.4 Å². The van der Waals surface area contributed by atoms with Gasteiger partial charge in [0.05, 0.1) is 19.3 Å². The van der Waals surface area contributed by atoms with Crippen LogP contribution in [0.25, 0.3) is 5.65 Å². The third kappa shape index (κ3) is 3.01. The monoisotopic (exact) mass is 290 g/mol. The summed E-state index contributed by atoms with van der Waals surface area (Å²) in [6, 6.07) is 2.01. The van der Waals surface area contributed by atoms with Gasteiger partial charge in [0, 0.05) is 12.7 Å². The van der Waals surface area contributed by atoms with E-state index in [9.17, 15) is 5.11 Å². The summed E-state index contributed by atoms with van der Waals surface area (Å²) in [7, 11) is 1.65. The maximum Gasteiger partial charge on any atom is 0.198 e. The molecule has 6 heteroatoms. The predicted octanol–water partition coefficient (Wildman–Crippen LogP) is 1.48. The Labute approximate surface area is 124 Å². The first-order chi connectivity index (χ1) is 10.0. The van der Waals surface area contributed by atoms with Gasteiger partial charge in [0.1, 0.15) is 0 Å². The average molecular weight is 290 g/mol. The van der Waals surface area contributed by atoms with Crippen molar-refractivity contribution in [2.24, 2.45) is 0 Å². The summed E-state index contributed by atoms with van der Waals surface area (Å²) in [5, 5.41) is 17.5. The van der Waals surface area contributed by atoms with Crippen molar-refractivity contribution in [3.8, 4) is 5.75 Å². The maximum atomic E-state index is 9.80. The third-order valence-corrected chi connectivity index (χ3v) is 3.92. The van der Waals surface area contributed by atoms with E-state index < -0.39 is 5.60 Å². The third-order valence-electron chi connectivity index (χ3n) is 3.92. The van der Waals surface area contributed by atoms with Gasteiger partial charge < -0.3 is 15.2 Å². The van der Waals surface area contributed by atoms with Crippen molar-refractivity contribution in [1.29, 1.82) is 0 Å². The van der Waals surface area contributed by atoms with E-state index in [4.69, 9.17) is 4.74 Å². The Kier molecular flexibility index (Phi) is 3.59. The van der Waals surface area contributed by atoms with Gasteiger partial charge in [0.2, 0.25) is 0 Å². The second-order valence-electron chi connectivity index (χ2n) is 6.12. The molecule has 0 unspecified atom stereocenters. The Morgan fingerprint density at radius 3 is 2.86 bits per heavy atom. The van der Waals surface area contributed by atoms with Crippen LogP contribution >= 0.6 is 0 Å². The Morgan fingerprint density at radius 1 is 1.48 bits per heavy atom. The molecule has 0 amide bonds. The molecule has 114 valence electrons. The first kappa shape index (κ1) is 14.3. The van der Waals surface area contributed by atoms with Crippen molar-refractivity contribution >= 4 is 5.65 Å². The highest BCUT2D eigenvalue weighted by molar-refractivity contribution is 5.54. The van der Waals surface area contributed by atoms with E-state index in [0.717, 1.165) is 29.8 Å². The smallest absolute Gasteiger partial charge is 0.198 e. The lowest BCUT2D eigenvalue weighted by molar-refractivity contribution is 0.147. The number of nitrogens with one attached hydrogen (secondary N) is 1. The van der Waals surface area contributed by atoms with Crippen molar-refractivity contribution < 1.29 is 9.84 Å². The Morgan fingerprint density at radius 2 is 2.24 bits per heavy atom. The summed E-state index contributed by atoms with van der Waals surface area (Å²) in [6.07, 6.45) is 3.75. The second kappa shape index (κ2) is 5.27. The molecule has 2 heterocycles. The first-order valence-corrected chi connectivity index (χ1v) is 7.37. The fourth-order valence-corrected chi connectivity index (χ4v) is 2.29. The first-order valence-electron chi connectivity index (χ1n) is 7.37. The highest BCUT2D eigenvalue weighted by Crippen LogP contribution is 2.33. The Bertz CT molecular complexity index is 646. The molecule has 2 N–H and O–H groups in total. The zero-order chi connectivity index (χ0) is 15.0. The number of methoxy groups -OCH3 is 1. The zero-order valence-electron chi connectivity index (χ0n) is 12.8. The van der Waals surface area contributed by atoms with Gasteiger partial charge in [0.25, 0.3) is 0 Å². The van der Waals surface area contributed by atoms with Gasteiger partial charge in [-0.25, -0.2) is 9.50 Å². The molecular formula is C15H22N4O2. The molecule has 0 saturated heterocycles. The minimum Gasteiger partial charge on any atom is -0.493 e. The van der Waals surface area contributed by atoms with Crippen molar-refractivity contribution in [2.45, 2.75) is 44.8 Å². The molecule has 1 aliphatic carbocycles. The number of aliphatic hydroxyl groups is 1. The molecule has 1 fully saturated rings. The number of pyridine rings is 1. The molecule has 2 aromatic rings. The summed E-state index contributed by atoms with van der Waals surface area (Å²) in [6.45, 7) is 5.41. The van der Waals surface area contributed by atoms with Crippen molar-refractivity contribution in [3.05, 3.63) is 23.7 Å². The van der Waals surface area contributed by atoms with E-state index in [1.54, 1.807) is 11.6 Å². The standard InChI is InChI=1S/C15H22N4O2/c1-10(2)11-6-12(21-3)14-17-13(18-19(14)8-11)7-16-9-15(20)4-5-15/h6,8,10,16,20H,4-5,7,9H2,1-3H3. The number of aromatic nitrogens is 3. The fourth-order valence-electron chi connectivity index (χ4n) is 2.29. The lowest BCUT2D eigenvalue weighted by atomic mass is 10.1. The summed E-state index contributed by atoms with van der Waals surface area (Å²) in [5.74, 6) is 1.84. The number of hydrogen-bond acceptors (Lipinski definition) is 5. The molecule has 6 nitrogen and oxygen atoms in total. The van der Waals surface area contributed by atoms with E-state index in [0.29, 0.717) is 24.8 Å². The molecule has 0 spiro atoms. The van der Waals surface area contributed by atoms with Crippen LogP contribution in [0.15, 0.2) is 12.3 Å². The summed E-state index contributed by atoms with van der Waals surface area (Å²) in [5.41, 5.74) is 1.39. The molecule has 0 bridgehead atoms. The molecule has 0 aliphatic heterocycles. The molecule has 1 aliphatic rings. The fraction of sp³-hybridized carbons (Fsp3) is 0.600. The minimum atomic E-state index is -0.498. The van der Waals surface area contributed by atoms with Gasteiger partial charge in [-0.15, -0.1) is 5.10 Å². The molecule has 21 heavy (non-hydrogen) atoms. The number of rotatable bonds is 6. The van der Waals surface area contributed by atoms with E-state index in [-0.39, 0.29) is 0 Å². The van der Waals surface area contributed by atoms with Crippen LogP contribution in [0.5, 0.6) is 5.75 Å². The van der Waals surface area contributed by atoms with Gasteiger partial charge in [-0.3, -0.25) is 0 Å². The highest BCUT2D eigenvalue weighted by atomic mass is 16.5. The minimum absolute atomic E-state index is 0.401. The normalized spacial score (nSPS) is 16.6. The Hall–Kier alpha value is -1.66. The van der Waals surface area contributed by atoms with Crippen LogP contribution in [0.4, 0.5) is 0 Å². The molecule has 0 aromatic carbocycles. The van der Waals surface area contributed by atoms with Gasteiger partial charge >= 0.3 is 0 Å². The van der Waals surface area contributed by atoms with E-state index in [2.05, 4.69) is 29.2 Å². The van der Waals surface area contributed by atoms with Crippen LogP contribution in [0.1, 0.15) is 44.0 Å². The maximum absolute atomic E-state index is 9.80. The molecule has 1 saturated carbocycles. The Balaban J connectivity index is 1.81. The van der Waals surface area contributed by atoms with Crippen LogP contribution in [0.2, 0.25) is 0 Å². The van der Waals surface area contributed by atoms with E-state index in [1.807, 2.05) is 12.3 Å². The topological polar surface area (TPSA) is 71.7 Å². The zero-order valence-corrected chi connectivity index (χ0v) is 12.8. The van der Waals surface area contributed by atoms with Crippen LogP contribution < -0.4 is 10.1 Å². The molecule has 0 atom stereocenters. The van der Waals surface area contributed by atoms with Crippen molar-refractivity contribution in [1.82, 2.24) is 19.9 Å². The highest BCUT2D eigenvalue weighted by Gasteiger charge is 2.39. The van der Waals surface area contributed by atoms with Gasteiger partial charge in [-0.1, -0.05) is 13.8 Å². The molecule has 3 rings (SSSR count). The van der Waals surface area contributed by atoms with Crippen LogP contribution in [-0.4, -0.2) is 39.0 Å². The van der Waals surface area contributed by atoms with Gasteiger partial charge in [0.15, 0.2) is 17.2 Å². The number of hydrogen-bond donors (Lipinski definition) is 2. The quantitative estimate of drug-likeness (QED) is 0.843. The SMILES string of the molecule is COc1cc(C(C)C)cn2nc(CNCC3(O)CC3)nc12. The van der Waals surface area contributed by atoms with Crippen LogP contribution in [-0.2, 0) is 6.54 Å². The van der Waals surface area contributed by atoms with E-state index >= 15 is 0 Å². The molecular weight excluding hydrogens is 268 g/mol. The summed E-state index contributed by atoms with van der Waals surface area (Å²) in [4.78, 5) is 4.51. The summed E-state index contributed by atoms with van der Waals surface area (Å²) >= 11 is 0. The number of ether oxygens (including phenoxy) is 1. The van der Waals surface area contributed by atoms with Gasteiger partial charge in [-0.2, -0.15) is 0 Å². The molecule has 0 radical (unpaired) electrons. The lowest BCUT2D eigenvalue weighted by Crippen LogP contribution is -2.28. The van der Waals surface area contributed by atoms with Crippen LogP contribution in [0, 0.1) is 0 Å². The van der Waals surface area contributed by atoms with Crippen LogP contribution in [0.3, 0.4) is 0 Å².